The first kappa shape index (κ1) is 39.5. The molecule has 5 unspecified atom stereocenters. The number of amides is 5. The maximum Gasteiger partial charge on any atom is 0.416 e. The molecule has 5 amide bonds. The van der Waals surface area contributed by atoms with Crippen molar-refractivity contribution in [3.63, 3.8) is 0 Å². The third-order valence-electron chi connectivity index (χ3n) is 9.19. The van der Waals surface area contributed by atoms with Gasteiger partial charge in [-0.05, 0) is 59.0 Å². The van der Waals surface area contributed by atoms with E-state index in [0.717, 1.165) is 28.8 Å². The van der Waals surface area contributed by atoms with Crippen LogP contribution in [0.5, 0.6) is 0 Å². The lowest BCUT2D eigenvalue weighted by Gasteiger charge is -2.21. The lowest BCUT2D eigenvalue weighted by atomic mass is 10.0. The molecule has 0 fully saturated rings. The van der Waals surface area contributed by atoms with Gasteiger partial charge in [0, 0.05) is 35.4 Å². The summed E-state index contributed by atoms with van der Waals surface area (Å²) in [5.74, 6) is -5.81. The van der Waals surface area contributed by atoms with Crippen LogP contribution < -0.4 is 21.3 Å². The number of nitrogens with one attached hydrogen (secondary N) is 4. The van der Waals surface area contributed by atoms with E-state index in [-0.39, 0.29) is 36.2 Å². The molecule has 7 rings (SSSR count). The fourth-order valence-corrected chi connectivity index (χ4v) is 7.05. The zero-order chi connectivity index (χ0) is 40.1. The van der Waals surface area contributed by atoms with Crippen molar-refractivity contribution in [2.45, 2.75) is 62.1 Å². The van der Waals surface area contributed by atoms with Gasteiger partial charge in [0.05, 0.1) is 12.0 Å². The van der Waals surface area contributed by atoms with Gasteiger partial charge in [-0.15, -0.1) is 15.9 Å². The molecule has 3 aromatic carbocycles. The van der Waals surface area contributed by atoms with Gasteiger partial charge in [0.2, 0.25) is 11.8 Å². The number of hydrogen-bond acceptors (Lipinski definition) is 8. The molecule has 13 nitrogen and oxygen atoms in total. The predicted octanol–water partition coefficient (Wildman–Crippen LogP) is 2.45. The molecule has 6 N–H and O–H groups in total. The Morgan fingerprint density at radius 1 is 0.768 bits per heavy atom. The fourth-order valence-electron chi connectivity index (χ4n) is 6.30. The smallest absolute Gasteiger partial charge is 0.416 e. The largest absolute Gasteiger partial charge is 0.480 e. The molecule has 56 heavy (non-hydrogen) atoms. The van der Waals surface area contributed by atoms with E-state index < -0.39 is 83.9 Å². The molecule has 0 aliphatic carbocycles. The highest BCUT2D eigenvalue weighted by Crippen LogP contribution is 2.31. The summed E-state index contributed by atoms with van der Waals surface area (Å²) in [5.41, 5.74) is 0.350. The molecule has 0 spiro atoms. The molecule has 0 radical (unpaired) electrons. The highest BCUT2D eigenvalue weighted by atomic mass is 32.1. The first-order chi connectivity index (χ1) is 26.7. The summed E-state index contributed by atoms with van der Waals surface area (Å²) >= 11 is 1.27. The fraction of sp³-hybridized carbons (Fsp3) is 0.256. The normalized spacial score (nSPS) is 22.6. The van der Waals surface area contributed by atoms with E-state index in [4.69, 9.17) is 0 Å². The van der Waals surface area contributed by atoms with Crippen molar-refractivity contribution in [2.75, 3.05) is 5.32 Å². The van der Waals surface area contributed by atoms with E-state index in [0.29, 0.717) is 16.0 Å². The minimum atomic E-state index is -4.68. The molecule has 3 aliphatic heterocycles. The lowest BCUT2D eigenvalue weighted by Crippen LogP contribution is -2.54. The Labute approximate surface area is 321 Å². The average molecular weight is 791 g/mol. The first-order valence-electron chi connectivity index (χ1n) is 17.3. The van der Waals surface area contributed by atoms with Crippen molar-refractivity contribution in [3.8, 4) is 0 Å². The van der Waals surface area contributed by atoms with Crippen molar-refractivity contribution in [1.82, 2.24) is 16.0 Å². The zero-order valence-corrected chi connectivity index (χ0v) is 30.1. The number of carbonyl (C=O) groups excluding carboxylic acids is 5. The van der Waals surface area contributed by atoms with Crippen molar-refractivity contribution < 1.29 is 56.7 Å². The second-order valence-electron chi connectivity index (χ2n) is 13.2. The van der Waals surface area contributed by atoms with Crippen molar-refractivity contribution in [1.29, 1.82) is 0 Å². The van der Waals surface area contributed by atoms with Crippen LogP contribution >= 0.6 is 11.3 Å². The summed E-state index contributed by atoms with van der Waals surface area (Å²) in [5, 5.41) is 32.5. The average Bonchev–Trinajstić information content (AvgIpc) is 3.70. The molecule has 1 aromatic heterocycles. The monoisotopic (exact) mass is 790 g/mol. The van der Waals surface area contributed by atoms with Gasteiger partial charge in [-0.25, -0.2) is 9.59 Å². The quantitative estimate of drug-likeness (QED) is 0.160. The molecular weight excluding hydrogens is 756 g/mol. The number of rotatable bonds is 6. The Morgan fingerprint density at radius 2 is 1.46 bits per heavy atom. The van der Waals surface area contributed by atoms with Crippen molar-refractivity contribution >= 4 is 58.2 Å². The van der Waals surface area contributed by atoms with Crippen LogP contribution in [-0.2, 0) is 54.2 Å². The zero-order valence-electron chi connectivity index (χ0n) is 29.3. The van der Waals surface area contributed by atoms with Crippen molar-refractivity contribution in [3.05, 3.63) is 124 Å². The van der Waals surface area contributed by atoms with Gasteiger partial charge in [0.15, 0.2) is 6.04 Å². The molecule has 0 saturated heterocycles. The number of carboxylic acid groups (broad SMARTS) is 1. The number of nitrogens with zero attached hydrogens (tertiary/aromatic N) is 1. The topological polar surface area (TPSA) is 194 Å². The number of anilines is 1. The van der Waals surface area contributed by atoms with Gasteiger partial charge >= 0.3 is 30.0 Å². The maximum atomic E-state index is 14.3. The Balaban J connectivity index is 1.40. The van der Waals surface area contributed by atoms with Crippen LogP contribution in [0.3, 0.4) is 0 Å². The lowest BCUT2D eigenvalue weighted by molar-refractivity contribution is -0.389. The van der Waals surface area contributed by atoms with Gasteiger partial charge in [-0.1, -0.05) is 48.5 Å². The summed E-state index contributed by atoms with van der Waals surface area (Å²) in [4.78, 5) is 81.5. The Kier molecular flexibility index (Phi) is 11.8. The summed E-state index contributed by atoms with van der Waals surface area (Å²) < 4.78 is 41.4. The Bertz CT molecular complexity index is 2160. The number of carbonyl (C=O) groups is 6. The molecule has 4 aromatic rings. The van der Waals surface area contributed by atoms with E-state index in [1.807, 2.05) is 0 Å². The maximum absolute atomic E-state index is 14.3. The summed E-state index contributed by atoms with van der Waals surface area (Å²) in [6.07, 6.45) is -7.68. The minimum Gasteiger partial charge on any atom is -0.480 e. The van der Waals surface area contributed by atoms with E-state index in [9.17, 15) is 52.2 Å². The van der Waals surface area contributed by atoms with Gasteiger partial charge < -0.3 is 31.5 Å². The molecule has 4 heterocycles. The van der Waals surface area contributed by atoms with E-state index >= 15 is 0 Å². The molecule has 0 saturated carbocycles. The molecular formula is C39H35F3N5O8S+. The van der Waals surface area contributed by atoms with Crippen LogP contribution in [0.15, 0.2) is 96.4 Å². The van der Waals surface area contributed by atoms with E-state index in [1.54, 1.807) is 47.8 Å². The third kappa shape index (κ3) is 9.53. The summed E-state index contributed by atoms with van der Waals surface area (Å²) in [6, 6.07) is 15.9. The third-order valence-corrected chi connectivity index (χ3v) is 10.1. The Morgan fingerprint density at radius 3 is 2.09 bits per heavy atom. The van der Waals surface area contributed by atoms with Gasteiger partial charge in [0.1, 0.15) is 18.2 Å². The number of alkyl halides is 3. The number of aliphatic carboxylic acids is 1. The molecule has 290 valence electrons. The number of aliphatic hydroxyl groups is 1. The second-order valence-corrected chi connectivity index (χ2v) is 14.3. The Hall–Kier alpha value is -6.20. The van der Waals surface area contributed by atoms with Crippen LogP contribution in [0.4, 0.5) is 18.9 Å². The van der Waals surface area contributed by atoms with Gasteiger partial charge in [-0.3, -0.25) is 19.2 Å². The van der Waals surface area contributed by atoms with Gasteiger partial charge in [0.25, 0.3) is 11.6 Å². The molecule has 17 heteroatoms. The van der Waals surface area contributed by atoms with Crippen LogP contribution in [0.2, 0.25) is 0 Å². The standard InChI is InChI=1S/C39H34F3N5O8S/c40-39(41,42)24-12-10-23(11-13-24)32-33-36(52)45-27(17-21-5-2-1-3-6-21)34(50)46-29(38(54)55)18-22-8-14-25(15-9-22)43-35(51)30(48)20-31(49)44-28(37(53)47(32)33)19-26-7-4-16-56-26/h1-16,27-30,33,48H,17-20H2,(H4-,43,44,45,46,49,50,51,52,54,55)/p+1. The number of thiophene rings is 1. The predicted molar refractivity (Wildman–Crippen MR) is 196 cm³/mol. The summed E-state index contributed by atoms with van der Waals surface area (Å²) in [7, 11) is 0. The van der Waals surface area contributed by atoms with Crippen LogP contribution in [0, 0.1) is 0 Å². The molecule has 2 bridgehead atoms. The van der Waals surface area contributed by atoms with Crippen LogP contribution in [0.25, 0.3) is 0 Å². The number of hydrogen-bond donors (Lipinski definition) is 6. The van der Waals surface area contributed by atoms with Crippen LogP contribution in [-0.4, -0.2) is 86.3 Å². The number of carboxylic acids is 1. The molecule has 5 atom stereocenters. The number of aliphatic hydroxyl groups excluding tert-OH is 1. The van der Waals surface area contributed by atoms with E-state index in [1.165, 1.54) is 35.6 Å². The highest BCUT2D eigenvalue weighted by molar-refractivity contribution is 7.09. The second kappa shape index (κ2) is 16.7. The molecule has 3 aliphatic rings. The van der Waals surface area contributed by atoms with Gasteiger partial charge in [-0.2, -0.15) is 13.2 Å². The van der Waals surface area contributed by atoms with Crippen molar-refractivity contribution in [2.24, 2.45) is 0 Å². The summed E-state index contributed by atoms with van der Waals surface area (Å²) in [6.45, 7) is 0. The van der Waals surface area contributed by atoms with E-state index in [2.05, 4.69) is 21.3 Å². The number of fused-ring (bicyclic) bond motifs is 15. The highest BCUT2D eigenvalue weighted by Gasteiger charge is 2.61. The first-order valence-corrected chi connectivity index (χ1v) is 18.2. The van der Waals surface area contributed by atoms with Crippen LogP contribution in [0.1, 0.15) is 33.6 Å². The number of halogens is 3. The SMILES string of the molecule is O=C1CC(O)C(=O)Nc2ccc(cc2)CC(C(=O)O)NC(=O)C(Cc2ccccc2)NC(=O)C2C(c3ccc(C(F)(F)F)cc3)=[N+]2C(=O)C(Cc2cccs2)N1. The minimum absolute atomic E-state index is 0.0153. The number of benzene rings is 3.